The van der Waals surface area contributed by atoms with Gasteiger partial charge >= 0.3 is 11.9 Å². The van der Waals surface area contributed by atoms with E-state index in [0.717, 1.165) is 0 Å². The highest BCUT2D eigenvalue weighted by atomic mass is 16.5. The van der Waals surface area contributed by atoms with Crippen molar-refractivity contribution < 1.29 is 19.1 Å². The number of hydrogen-bond acceptors (Lipinski definition) is 4. The topological polar surface area (TPSA) is 52.6 Å². The van der Waals surface area contributed by atoms with Gasteiger partial charge in [-0.1, -0.05) is 48.6 Å². The third-order valence-electron chi connectivity index (χ3n) is 3.26. The van der Waals surface area contributed by atoms with E-state index in [9.17, 15) is 9.59 Å². The standard InChI is InChI=1S/C16H16O4/c1-19-15(17)13(11-7-3-4-8-11)14(16(18)20-2)12-9-5-6-10-12/h3-12H,1-2H3. The Morgan fingerprint density at radius 2 is 1.00 bits per heavy atom. The number of hydrogen-bond donors (Lipinski definition) is 0. The van der Waals surface area contributed by atoms with Crippen LogP contribution < -0.4 is 0 Å². The molecule has 2 rings (SSSR count). The van der Waals surface area contributed by atoms with Gasteiger partial charge in [-0.3, -0.25) is 0 Å². The zero-order valence-electron chi connectivity index (χ0n) is 11.4. The zero-order chi connectivity index (χ0) is 14.5. The molecule has 0 heterocycles. The molecule has 0 amide bonds. The molecular weight excluding hydrogens is 256 g/mol. The van der Waals surface area contributed by atoms with Crippen molar-refractivity contribution in [2.75, 3.05) is 14.2 Å². The number of carbonyl (C=O) groups is 2. The molecule has 4 nitrogen and oxygen atoms in total. The highest BCUT2D eigenvalue weighted by Crippen LogP contribution is 2.31. The van der Waals surface area contributed by atoms with Gasteiger partial charge in [-0.05, 0) is 0 Å². The maximum absolute atomic E-state index is 12.1. The predicted octanol–water partition coefficient (Wildman–Crippen LogP) is 2.11. The van der Waals surface area contributed by atoms with Gasteiger partial charge < -0.3 is 9.47 Å². The van der Waals surface area contributed by atoms with Gasteiger partial charge in [-0.15, -0.1) is 0 Å². The molecule has 2 aliphatic carbocycles. The molecule has 0 fully saturated rings. The Bertz CT molecular complexity index is 487. The average Bonchev–Trinajstić information content (AvgIpc) is 3.15. The minimum absolute atomic E-state index is 0.265. The van der Waals surface area contributed by atoms with Crippen LogP contribution in [0.4, 0.5) is 0 Å². The lowest BCUT2D eigenvalue weighted by Crippen LogP contribution is -2.22. The van der Waals surface area contributed by atoms with Crippen molar-refractivity contribution in [3.63, 3.8) is 0 Å². The summed E-state index contributed by atoms with van der Waals surface area (Å²) in [6, 6.07) is 0. The Labute approximate surface area is 117 Å². The highest BCUT2D eigenvalue weighted by Gasteiger charge is 2.31. The van der Waals surface area contributed by atoms with E-state index in [2.05, 4.69) is 0 Å². The summed E-state index contributed by atoms with van der Waals surface area (Å²) in [7, 11) is 2.61. The van der Waals surface area contributed by atoms with E-state index < -0.39 is 11.9 Å². The second-order valence-electron chi connectivity index (χ2n) is 4.40. The molecule has 0 aromatic carbocycles. The molecule has 0 aliphatic heterocycles. The third-order valence-corrected chi connectivity index (χ3v) is 3.26. The molecule has 2 aliphatic rings. The van der Waals surface area contributed by atoms with E-state index in [1.54, 1.807) is 0 Å². The number of rotatable bonds is 4. The van der Waals surface area contributed by atoms with Crippen molar-refractivity contribution in [3.05, 3.63) is 59.8 Å². The smallest absolute Gasteiger partial charge is 0.335 e. The fourth-order valence-corrected chi connectivity index (χ4v) is 2.32. The number of allylic oxidation sites excluding steroid dienone is 8. The zero-order valence-corrected chi connectivity index (χ0v) is 11.4. The van der Waals surface area contributed by atoms with Crippen molar-refractivity contribution >= 4 is 11.9 Å². The van der Waals surface area contributed by atoms with Gasteiger partial charge in [0, 0.05) is 11.8 Å². The van der Waals surface area contributed by atoms with E-state index in [0.29, 0.717) is 11.1 Å². The molecule has 0 unspecified atom stereocenters. The van der Waals surface area contributed by atoms with Crippen LogP contribution >= 0.6 is 0 Å². The fraction of sp³-hybridized carbons (Fsp3) is 0.250. The van der Waals surface area contributed by atoms with Crippen LogP contribution in [0.25, 0.3) is 0 Å². The molecule has 20 heavy (non-hydrogen) atoms. The van der Waals surface area contributed by atoms with Gasteiger partial charge in [-0.2, -0.15) is 0 Å². The van der Waals surface area contributed by atoms with Crippen molar-refractivity contribution in [3.8, 4) is 0 Å². The van der Waals surface area contributed by atoms with Crippen LogP contribution in [0.15, 0.2) is 59.8 Å². The molecule has 0 spiro atoms. The van der Waals surface area contributed by atoms with E-state index >= 15 is 0 Å². The largest absolute Gasteiger partial charge is 0.466 e. The normalized spacial score (nSPS) is 18.5. The van der Waals surface area contributed by atoms with Crippen molar-refractivity contribution in [1.82, 2.24) is 0 Å². The molecule has 0 saturated heterocycles. The van der Waals surface area contributed by atoms with Crippen molar-refractivity contribution in [1.29, 1.82) is 0 Å². The van der Waals surface area contributed by atoms with E-state index in [1.807, 2.05) is 48.6 Å². The maximum atomic E-state index is 12.1. The quantitative estimate of drug-likeness (QED) is 0.581. The fourth-order valence-electron chi connectivity index (χ4n) is 2.32. The van der Waals surface area contributed by atoms with Gasteiger partial charge in [0.1, 0.15) is 0 Å². The van der Waals surface area contributed by atoms with Gasteiger partial charge in [-0.25, -0.2) is 9.59 Å². The first-order chi connectivity index (χ1) is 9.69. The van der Waals surface area contributed by atoms with Crippen molar-refractivity contribution in [2.45, 2.75) is 0 Å². The van der Waals surface area contributed by atoms with E-state index in [1.165, 1.54) is 14.2 Å². The molecule has 0 radical (unpaired) electrons. The molecule has 0 bridgehead atoms. The Hall–Kier alpha value is -2.36. The molecule has 0 atom stereocenters. The van der Waals surface area contributed by atoms with Crippen LogP contribution in [-0.2, 0) is 19.1 Å². The average molecular weight is 272 g/mol. The number of esters is 2. The molecular formula is C16H16O4. The van der Waals surface area contributed by atoms with Crippen LogP contribution in [0.2, 0.25) is 0 Å². The number of methoxy groups -OCH3 is 2. The first-order valence-electron chi connectivity index (χ1n) is 6.29. The van der Waals surface area contributed by atoms with Crippen LogP contribution in [0, 0.1) is 11.8 Å². The minimum atomic E-state index is -0.514. The SMILES string of the molecule is COC(=O)C(=C(C(=O)OC)C1C=CC=C1)C1C=CC=C1. The first kappa shape index (κ1) is 14.1. The van der Waals surface area contributed by atoms with Crippen LogP contribution in [0.1, 0.15) is 0 Å². The lowest BCUT2D eigenvalue weighted by Gasteiger charge is -2.18. The number of carbonyl (C=O) groups excluding carboxylic acids is 2. The van der Waals surface area contributed by atoms with Crippen LogP contribution in [-0.4, -0.2) is 26.2 Å². The molecule has 0 aromatic rings. The Kier molecular flexibility index (Phi) is 4.35. The molecule has 0 saturated carbocycles. The predicted molar refractivity (Wildman–Crippen MR) is 74.6 cm³/mol. The highest BCUT2D eigenvalue weighted by molar-refractivity contribution is 6.02. The molecule has 104 valence electrons. The molecule has 0 aromatic heterocycles. The van der Waals surface area contributed by atoms with Gasteiger partial charge in [0.25, 0.3) is 0 Å². The van der Waals surface area contributed by atoms with Crippen LogP contribution in [0.3, 0.4) is 0 Å². The van der Waals surface area contributed by atoms with E-state index in [-0.39, 0.29) is 11.8 Å². The minimum Gasteiger partial charge on any atom is -0.466 e. The Balaban J connectivity index is 2.56. The second-order valence-corrected chi connectivity index (χ2v) is 4.40. The number of ether oxygens (including phenoxy) is 2. The maximum Gasteiger partial charge on any atom is 0.335 e. The summed E-state index contributed by atoms with van der Waals surface area (Å²) in [6.07, 6.45) is 14.7. The van der Waals surface area contributed by atoms with Crippen LogP contribution in [0.5, 0.6) is 0 Å². The summed E-state index contributed by atoms with van der Waals surface area (Å²) < 4.78 is 9.68. The third kappa shape index (κ3) is 2.64. The molecule has 4 heteroatoms. The van der Waals surface area contributed by atoms with Crippen molar-refractivity contribution in [2.24, 2.45) is 11.8 Å². The first-order valence-corrected chi connectivity index (χ1v) is 6.29. The summed E-state index contributed by atoms with van der Waals surface area (Å²) in [5.74, 6) is -1.56. The summed E-state index contributed by atoms with van der Waals surface area (Å²) in [4.78, 5) is 24.2. The lowest BCUT2D eigenvalue weighted by atomic mass is 9.88. The Morgan fingerprint density at radius 1 is 0.700 bits per heavy atom. The summed E-state index contributed by atoms with van der Waals surface area (Å²) in [5.41, 5.74) is 0.649. The lowest BCUT2D eigenvalue weighted by molar-refractivity contribution is -0.139. The summed E-state index contributed by atoms with van der Waals surface area (Å²) in [6.45, 7) is 0. The monoisotopic (exact) mass is 272 g/mol. The summed E-state index contributed by atoms with van der Waals surface area (Å²) in [5, 5.41) is 0. The Morgan fingerprint density at radius 3 is 1.25 bits per heavy atom. The second kappa shape index (κ2) is 6.19. The van der Waals surface area contributed by atoms with Gasteiger partial charge in [0.2, 0.25) is 0 Å². The van der Waals surface area contributed by atoms with Gasteiger partial charge in [0.15, 0.2) is 0 Å². The van der Waals surface area contributed by atoms with Gasteiger partial charge in [0.05, 0.1) is 25.4 Å². The molecule has 0 N–H and O–H groups in total. The summed E-state index contributed by atoms with van der Waals surface area (Å²) >= 11 is 0. The van der Waals surface area contributed by atoms with E-state index in [4.69, 9.17) is 9.47 Å².